The zero-order valence-corrected chi connectivity index (χ0v) is 11.5. The Labute approximate surface area is 112 Å². The molecule has 1 aliphatic rings. The molecule has 0 fully saturated rings. The van der Waals surface area contributed by atoms with Crippen LogP contribution >= 0.6 is 0 Å². The molecule has 0 amide bonds. The normalized spacial score (nSPS) is 16.2. The van der Waals surface area contributed by atoms with Crippen LogP contribution < -0.4 is 0 Å². The van der Waals surface area contributed by atoms with E-state index in [1.807, 2.05) is 0 Å². The summed E-state index contributed by atoms with van der Waals surface area (Å²) in [6, 6.07) is 0. The summed E-state index contributed by atoms with van der Waals surface area (Å²) < 4.78 is 0. The van der Waals surface area contributed by atoms with Gasteiger partial charge in [0.15, 0.2) is 0 Å². The molecule has 0 saturated carbocycles. The number of hydrogen-bond acceptors (Lipinski definition) is 1. The van der Waals surface area contributed by atoms with E-state index >= 15 is 0 Å². The summed E-state index contributed by atoms with van der Waals surface area (Å²) >= 11 is 0. The molecule has 1 aliphatic heterocycles. The number of nitrogens with zero attached hydrogens (tertiary/aromatic N) is 1. The number of aliphatic imine (C=N–C) groups is 1. The Morgan fingerprint density at radius 2 is 1.94 bits per heavy atom. The van der Waals surface area contributed by atoms with Gasteiger partial charge in [-0.05, 0) is 57.6 Å². The van der Waals surface area contributed by atoms with Crippen molar-refractivity contribution in [1.82, 2.24) is 0 Å². The molecule has 0 aromatic carbocycles. The largest absolute Gasteiger partial charge is 0.285 e. The highest BCUT2D eigenvalue weighted by Crippen LogP contribution is 2.03. The van der Waals surface area contributed by atoms with Crippen molar-refractivity contribution < 1.29 is 0 Å². The highest BCUT2D eigenvalue weighted by Gasteiger charge is 1.91. The summed E-state index contributed by atoms with van der Waals surface area (Å²) in [5.74, 6) is 0. The maximum atomic E-state index is 4.42. The molecule has 0 unspecified atom stereocenters. The van der Waals surface area contributed by atoms with E-state index in [2.05, 4.69) is 60.5 Å². The van der Waals surface area contributed by atoms with Gasteiger partial charge in [-0.2, -0.15) is 0 Å². The zero-order chi connectivity index (χ0) is 12.9. The Bertz CT molecular complexity index is 343. The van der Waals surface area contributed by atoms with E-state index in [9.17, 15) is 0 Å². The van der Waals surface area contributed by atoms with Gasteiger partial charge < -0.3 is 0 Å². The smallest absolute Gasteiger partial charge is 0.0568 e. The second-order valence-electron chi connectivity index (χ2n) is 4.46. The Hall–Kier alpha value is -1.37. The molecule has 0 spiro atoms. The van der Waals surface area contributed by atoms with Crippen LogP contribution in [0.1, 0.15) is 45.4 Å². The van der Waals surface area contributed by atoms with Gasteiger partial charge in [-0.25, -0.2) is 0 Å². The third-order valence-electron chi connectivity index (χ3n) is 2.83. The van der Waals surface area contributed by atoms with E-state index < -0.39 is 0 Å². The molecule has 0 aromatic heterocycles. The average Bonchev–Trinajstić information content (AvgIpc) is 2.42. The first-order chi connectivity index (χ1) is 8.93. The first kappa shape index (κ1) is 14.7. The lowest BCUT2D eigenvalue weighted by atomic mass is 10.1. The lowest BCUT2D eigenvalue weighted by Gasteiger charge is -1.99. The molecular formula is C17H25N. The van der Waals surface area contributed by atoms with E-state index in [4.69, 9.17) is 0 Å². The fourth-order valence-corrected chi connectivity index (χ4v) is 1.81. The van der Waals surface area contributed by atoms with Crippen molar-refractivity contribution in [1.29, 1.82) is 0 Å². The van der Waals surface area contributed by atoms with Gasteiger partial charge in [0.1, 0.15) is 0 Å². The van der Waals surface area contributed by atoms with Crippen molar-refractivity contribution in [3.05, 3.63) is 48.6 Å². The first-order valence-electron chi connectivity index (χ1n) is 7.07. The van der Waals surface area contributed by atoms with Gasteiger partial charge in [-0.3, -0.25) is 4.99 Å². The molecule has 1 heterocycles. The minimum absolute atomic E-state index is 0.943. The first-order valence-corrected chi connectivity index (χ1v) is 7.07. The van der Waals surface area contributed by atoms with Gasteiger partial charge >= 0.3 is 0 Å². The predicted molar refractivity (Wildman–Crippen MR) is 82.2 cm³/mol. The van der Waals surface area contributed by atoms with Crippen molar-refractivity contribution in [3.8, 4) is 0 Å². The van der Waals surface area contributed by atoms with Gasteiger partial charge in [0.2, 0.25) is 0 Å². The molecule has 0 aromatic rings. The number of dihydropyridines is 1. The Morgan fingerprint density at radius 1 is 1.11 bits per heavy atom. The van der Waals surface area contributed by atoms with Gasteiger partial charge in [0.05, 0.1) is 5.71 Å². The van der Waals surface area contributed by atoms with Crippen LogP contribution in [0.25, 0.3) is 0 Å². The van der Waals surface area contributed by atoms with Crippen molar-refractivity contribution in [3.63, 3.8) is 0 Å². The molecule has 18 heavy (non-hydrogen) atoms. The summed E-state index contributed by atoms with van der Waals surface area (Å²) in [6.07, 6.45) is 24.6. The van der Waals surface area contributed by atoms with Gasteiger partial charge in [-0.1, -0.05) is 36.5 Å². The molecule has 1 heteroatoms. The molecule has 0 saturated heterocycles. The highest BCUT2D eigenvalue weighted by atomic mass is 14.7. The summed E-state index contributed by atoms with van der Waals surface area (Å²) in [7, 11) is 0. The molecule has 98 valence electrons. The van der Waals surface area contributed by atoms with E-state index in [-0.39, 0.29) is 0 Å². The quantitative estimate of drug-likeness (QED) is 0.419. The van der Waals surface area contributed by atoms with Crippen LogP contribution in [0.4, 0.5) is 0 Å². The minimum atomic E-state index is 0.943. The van der Waals surface area contributed by atoms with Crippen LogP contribution in [-0.4, -0.2) is 12.3 Å². The highest BCUT2D eigenvalue weighted by molar-refractivity contribution is 6.04. The second kappa shape index (κ2) is 10.8. The molecule has 0 radical (unpaired) electrons. The van der Waals surface area contributed by atoms with Crippen LogP contribution in [0.15, 0.2) is 53.6 Å². The maximum Gasteiger partial charge on any atom is 0.0568 e. The lowest BCUT2D eigenvalue weighted by molar-refractivity contribution is 0.761. The van der Waals surface area contributed by atoms with Crippen LogP contribution in [0.3, 0.4) is 0 Å². The van der Waals surface area contributed by atoms with Crippen LogP contribution in [0.5, 0.6) is 0 Å². The van der Waals surface area contributed by atoms with Crippen LogP contribution in [0.2, 0.25) is 0 Å². The average molecular weight is 243 g/mol. The molecule has 1 nitrogen and oxygen atoms in total. The van der Waals surface area contributed by atoms with Gasteiger partial charge in [0.25, 0.3) is 0 Å². The standard InChI is InChI=1S/C17H25N/c1-2-3-4-5-6-7-8-9-10-11-14-17-15-12-13-16-18-17/h2-3,8-9,11-12,14-15H,4-7,10,13,16H2,1H3/b3-2-,9-8+,14-11+. The van der Waals surface area contributed by atoms with Gasteiger partial charge in [-0.15, -0.1) is 0 Å². The van der Waals surface area contributed by atoms with Crippen LogP contribution in [0, 0.1) is 0 Å². The number of rotatable bonds is 8. The fraction of sp³-hybridized carbons (Fsp3) is 0.471. The number of unbranched alkanes of at least 4 members (excludes halogenated alkanes) is 3. The lowest BCUT2D eigenvalue weighted by Crippen LogP contribution is -1.95. The van der Waals surface area contributed by atoms with E-state index in [0.717, 1.165) is 25.1 Å². The van der Waals surface area contributed by atoms with Crippen molar-refractivity contribution in [2.24, 2.45) is 4.99 Å². The second-order valence-corrected chi connectivity index (χ2v) is 4.46. The monoisotopic (exact) mass is 243 g/mol. The van der Waals surface area contributed by atoms with E-state index in [0.29, 0.717) is 0 Å². The van der Waals surface area contributed by atoms with E-state index in [1.165, 1.54) is 25.7 Å². The van der Waals surface area contributed by atoms with Gasteiger partial charge in [0, 0.05) is 6.54 Å². The van der Waals surface area contributed by atoms with Crippen molar-refractivity contribution in [2.45, 2.75) is 45.4 Å². The van der Waals surface area contributed by atoms with Crippen molar-refractivity contribution in [2.75, 3.05) is 6.54 Å². The number of allylic oxidation sites excluding steroid dienone is 7. The molecule has 0 atom stereocenters. The summed E-state index contributed by atoms with van der Waals surface area (Å²) in [5.41, 5.74) is 1.11. The molecular weight excluding hydrogens is 218 g/mol. The third-order valence-corrected chi connectivity index (χ3v) is 2.83. The summed E-state index contributed by atoms with van der Waals surface area (Å²) in [5, 5.41) is 0. The Kier molecular flexibility index (Phi) is 8.78. The predicted octanol–water partition coefficient (Wildman–Crippen LogP) is 5.03. The molecule has 0 N–H and O–H groups in total. The van der Waals surface area contributed by atoms with Crippen molar-refractivity contribution >= 4 is 5.71 Å². The van der Waals surface area contributed by atoms with E-state index in [1.54, 1.807) is 0 Å². The molecule has 0 aliphatic carbocycles. The molecule has 1 rings (SSSR count). The summed E-state index contributed by atoms with van der Waals surface area (Å²) in [6.45, 7) is 3.02. The zero-order valence-electron chi connectivity index (χ0n) is 11.5. The SMILES string of the molecule is C/C=C\CCCC/C=C/C/C=C/C1=NCCC=C1. The van der Waals surface area contributed by atoms with Crippen LogP contribution in [-0.2, 0) is 0 Å². The third kappa shape index (κ3) is 7.83. The number of hydrogen-bond donors (Lipinski definition) is 0. The maximum absolute atomic E-state index is 4.42. The molecule has 0 bridgehead atoms. The minimum Gasteiger partial charge on any atom is -0.285 e. The Morgan fingerprint density at radius 3 is 2.67 bits per heavy atom. The Balaban J connectivity index is 2.01. The summed E-state index contributed by atoms with van der Waals surface area (Å²) in [4.78, 5) is 4.42. The fourth-order valence-electron chi connectivity index (χ4n) is 1.81. The topological polar surface area (TPSA) is 12.4 Å².